The minimum Gasteiger partial charge on any atom is -0.382 e. The molecule has 0 saturated carbocycles. The number of hydrogen-bond donors (Lipinski definition) is 0. The van der Waals surface area contributed by atoms with Gasteiger partial charge in [-0.2, -0.15) is 8.42 Å². The maximum absolute atomic E-state index is 12.5. The van der Waals surface area contributed by atoms with Crippen molar-refractivity contribution in [3.63, 3.8) is 0 Å². The minimum absolute atomic E-state index is 0.0863. The molecule has 1 amide bonds. The molecule has 0 unspecified atom stereocenters. The van der Waals surface area contributed by atoms with Gasteiger partial charge in [-0.05, 0) is 44.4 Å². The largest absolute Gasteiger partial charge is 0.382 e. The average Bonchev–Trinajstić information content (AvgIpc) is 3.08. The maximum Gasteiger partial charge on any atom is 0.311 e. The Bertz CT molecular complexity index is 691. The lowest BCUT2D eigenvalue weighted by atomic mass is 10.1. The van der Waals surface area contributed by atoms with Crippen molar-refractivity contribution in [1.82, 2.24) is 4.90 Å². The minimum atomic E-state index is -3.61. The number of ether oxygens (including phenoxy) is 1. The summed E-state index contributed by atoms with van der Waals surface area (Å²) in [7, 11) is -3.61. The van der Waals surface area contributed by atoms with Gasteiger partial charge in [0.15, 0.2) is 0 Å². The van der Waals surface area contributed by atoms with Gasteiger partial charge < -0.3 is 13.8 Å². The van der Waals surface area contributed by atoms with Gasteiger partial charge in [0.1, 0.15) is 5.75 Å². The third-order valence-corrected chi connectivity index (χ3v) is 5.92. The quantitative estimate of drug-likeness (QED) is 0.645. The molecule has 7 heteroatoms. The molecular formula is C19H29NO5S. The zero-order valence-electron chi connectivity index (χ0n) is 16.0. The summed E-state index contributed by atoms with van der Waals surface area (Å²) in [5.74, 6) is 0.279. The second-order valence-electron chi connectivity index (χ2n) is 7.28. The molecule has 0 spiro atoms. The highest BCUT2D eigenvalue weighted by Crippen LogP contribution is 2.20. The first kappa shape index (κ1) is 20.7. The van der Waals surface area contributed by atoms with Crippen molar-refractivity contribution in [1.29, 1.82) is 0 Å². The Hall–Kier alpha value is -1.60. The van der Waals surface area contributed by atoms with Crippen molar-refractivity contribution in [3.8, 4) is 5.75 Å². The third-order valence-electron chi connectivity index (χ3n) is 4.34. The molecule has 1 saturated heterocycles. The molecule has 1 atom stereocenters. The van der Waals surface area contributed by atoms with Crippen LogP contribution < -0.4 is 4.18 Å². The Morgan fingerprint density at radius 2 is 1.88 bits per heavy atom. The summed E-state index contributed by atoms with van der Waals surface area (Å²) >= 11 is 0. The van der Waals surface area contributed by atoms with E-state index in [4.69, 9.17) is 8.92 Å². The smallest absolute Gasteiger partial charge is 0.311 e. The molecule has 1 fully saturated rings. The predicted molar refractivity (Wildman–Crippen MR) is 100 cm³/mol. The van der Waals surface area contributed by atoms with Crippen LogP contribution in [0.15, 0.2) is 24.3 Å². The highest BCUT2D eigenvalue weighted by Gasteiger charge is 2.24. The summed E-state index contributed by atoms with van der Waals surface area (Å²) in [4.78, 5) is 14.4. The lowest BCUT2D eigenvalue weighted by Crippen LogP contribution is -2.39. The van der Waals surface area contributed by atoms with Crippen LogP contribution in [0.25, 0.3) is 0 Å². The van der Waals surface area contributed by atoms with Crippen molar-refractivity contribution in [3.05, 3.63) is 29.8 Å². The second-order valence-corrected chi connectivity index (χ2v) is 9.37. The van der Waals surface area contributed by atoms with E-state index < -0.39 is 15.4 Å². The number of benzene rings is 1. The van der Waals surface area contributed by atoms with E-state index in [1.807, 2.05) is 18.7 Å². The summed E-state index contributed by atoms with van der Waals surface area (Å²) in [5.41, 5.74) is 0.922. The average molecular weight is 384 g/mol. The van der Waals surface area contributed by atoms with Gasteiger partial charge in [0.05, 0.1) is 11.4 Å². The molecule has 0 radical (unpaired) electrons. The van der Waals surface area contributed by atoms with Crippen LogP contribution in [0.5, 0.6) is 5.75 Å². The van der Waals surface area contributed by atoms with Crippen LogP contribution in [0.1, 0.15) is 46.1 Å². The number of amides is 1. The Morgan fingerprint density at radius 1 is 1.23 bits per heavy atom. The van der Waals surface area contributed by atoms with Crippen molar-refractivity contribution >= 4 is 16.0 Å². The first-order valence-corrected chi connectivity index (χ1v) is 10.6. The van der Waals surface area contributed by atoms with Gasteiger partial charge in [-0.1, -0.05) is 26.0 Å². The Morgan fingerprint density at radius 3 is 2.38 bits per heavy atom. The van der Waals surface area contributed by atoms with Crippen LogP contribution >= 0.6 is 0 Å². The molecule has 1 aliphatic heterocycles. The molecule has 0 aromatic heterocycles. The summed E-state index contributed by atoms with van der Waals surface area (Å²) in [6.07, 6.45) is 2.10. The van der Waals surface area contributed by atoms with Gasteiger partial charge in [-0.3, -0.25) is 4.79 Å². The normalized spacial score (nSPS) is 17.7. The predicted octanol–water partition coefficient (Wildman–Crippen LogP) is 2.97. The number of rotatable bonds is 8. The second kappa shape index (κ2) is 8.86. The molecule has 6 nitrogen and oxygen atoms in total. The molecule has 0 bridgehead atoms. The zero-order chi connectivity index (χ0) is 19.3. The van der Waals surface area contributed by atoms with Crippen molar-refractivity contribution < 1.29 is 22.1 Å². The van der Waals surface area contributed by atoms with E-state index in [2.05, 4.69) is 0 Å². The van der Waals surface area contributed by atoms with Crippen molar-refractivity contribution in [2.45, 2.75) is 58.4 Å². The molecule has 0 N–H and O–H groups in total. The molecule has 2 rings (SSSR count). The summed E-state index contributed by atoms with van der Waals surface area (Å²) in [6, 6.07) is 6.83. The van der Waals surface area contributed by atoms with Gasteiger partial charge in [0.2, 0.25) is 5.91 Å². The fourth-order valence-electron chi connectivity index (χ4n) is 2.73. The van der Waals surface area contributed by atoms with E-state index in [9.17, 15) is 13.2 Å². The first-order valence-electron chi connectivity index (χ1n) is 9.11. The van der Waals surface area contributed by atoms with Crippen LogP contribution in [0.4, 0.5) is 0 Å². The zero-order valence-corrected chi connectivity index (χ0v) is 16.8. The maximum atomic E-state index is 12.5. The van der Waals surface area contributed by atoms with Crippen molar-refractivity contribution in [2.75, 3.05) is 13.2 Å². The molecule has 1 heterocycles. The molecule has 1 aliphatic rings. The first-order chi connectivity index (χ1) is 12.2. The van der Waals surface area contributed by atoms with Gasteiger partial charge in [0.25, 0.3) is 0 Å². The molecule has 1 aromatic carbocycles. The number of hydrogen-bond acceptors (Lipinski definition) is 5. The van der Waals surface area contributed by atoms with Gasteiger partial charge >= 0.3 is 10.1 Å². The number of carbonyl (C=O) groups is 1. The molecule has 0 aliphatic carbocycles. The number of nitrogens with zero attached hydrogens (tertiary/aromatic N) is 1. The van der Waals surface area contributed by atoms with Crippen LogP contribution in [-0.2, 0) is 26.2 Å². The molecule has 26 heavy (non-hydrogen) atoms. The lowest BCUT2D eigenvalue weighted by molar-refractivity contribution is -0.136. The summed E-state index contributed by atoms with van der Waals surface area (Å²) in [5, 5.41) is -0.604. The fourth-order valence-corrected chi connectivity index (χ4v) is 3.30. The molecule has 1 aromatic rings. The number of carbonyl (C=O) groups excluding carboxylic acids is 1. The van der Waals surface area contributed by atoms with E-state index in [-0.39, 0.29) is 23.7 Å². The highest BCUT2D eigenvalue weighted by molar-refractivity contribution is 7.87. The van der Waals surface area contributed by atoms with Crippen LogP contribution in [0, 0.1) is 5.92 Å². The van der Waals surface area contributed by atoms with E-state index in [1.165, 1.54) is 0 Å². The Balaban J connectivity index is 2.06. The van der Waals surface area contributed by atoms with Crippen molar-refractivity contribution in [2.24, 2.45) is 5.92 Å². The molecule has 146 valence electrons. The van der Waals surface area contributed by atoms with Gasteiger partial charge in [0, 0.05) is 25.6 Å². The van der Waals surface area contributed by atoms with Gasteiger partial charge in [-0.25, -0.2) is 0 Å². The van der Waals surface area contributed by atoms with E-state index in [0.717, 1.165) is 25.0 Å². The summed E-state index contributed by atoms with van der Waals surface area (Å²) < 4.78 is 34.4. The van der Waals surface area contributed by atoms with Crippen LogP contribution in [0.2, 0.25) is 0 Å². The van der Waals surface area contributed by atoms with Crippen LogP contribution in [0.3, 0.4) is 0 Å². The standard InChI is InChI=1S/C19H29NO5S/c1-14(2)19(21)20(13-18-6-5-11-24-18)12-16-7-9-17(10-8-16)25-26(22,23)15(3)4/h7-10,14-15,18H,5-6,11-13H2,1-4H3/t18-/m1/s1. The topological polar surface area (TPSA) is 72.9 Å². The Kier molecular flexibility index (Phi) is 7.06. The monoisotopic (exact) mass is 383 g/mol. The van der Waals surface area contributed by atoms with Crippen LogP contribution in [-0.4, -0.2) is 43.7 Å². The Labute approximate surface area is 156 Å². The summed E-state index contributed by atoms with van der Waals surface area (Å²) in [6.45, 7) is 8.72. The van der Waals surface area contributed by atoms with E-state index in [0.29, 0.717) is 13.1 Å². The fraction of sp³-hybridized carbons (Fsp3) is 0.632. The third kappa shape index (κ3) is 5.71. The SMILES string of the molecule is CC(C)C(=O)N(Cc1ccc(OS(=O)(=O)C(C)C)cc1)C[C@H]1CCCO1. The lowest BCUT2D eigenvalue weighted by Gasteiger charge is -2.27. The highest BCUT2D eigenvalue weighted by atomic mass is 32.2. The van der Waals surface area contributed by atoms with Gasteiger partial charge in [-0.15, -0.1) is 0 Å². The van der Waals surface area contributed by atoms with E-state index >= 15 is 0 Å². The molecular weight excluding hydrogens is 354 g/mol. The van der Waals surface area contributed by atoms with E-state index in [1.54, 1.807) is 38.1 Å².